The molecule has 6 heteroatoms. The van der Waals surface area contributed by atoms with Gasteiger partial charge < -0.3 is 15.0 Å². The maximum absolute atomic E-state index is 13.0. The van der Waals surface area contributed by atoms with Gasteiger partial charge in [-0.2, -0.15) is 0 Å². The van der Waals surface area contributed by atoms with E-state index in [9.17, 15) is 9.59 Å². The molecular formula is C20H23N3O3. The number of ether oxygens (including phenoxy) is 1. The van der Waals surface area contributed by atoms with Crippen LogP contribution < -0.4 is 10.2 Å². The minimum atomic E-state index is -0.283. The summed E-state index contributed by atoms with van der Waals surface area (Å²) >= 11 is 0. The fraction of sp³-hybridized carbons (Fsp3) is 0.350. The van der Waals surface area contributed by atoms with Gasteiger partial charge in [-0.15, -0.1) is 0 Å². The number of methoxy groups -OCH3 is 1. The lowest BCUT2D eigenvalue weighted by Crippen LogP contribution is -2.36. The Balaban J connectivity index is 1.74. The summed E-state index contributed by atoms with van der Waals surface area (Å²) in [6.07, 6.45) is 2.62. The van der Waals surface area contributed by atoms with Crippen molar-refractivity contribution in [3.05, 3.63) is 59.4 Å². The van der Waals surface area contributed by atoms with E-state index in [1.807, 2.05) is 24.3 Å². The summed E-state index contributed by atoms with van der Waals surface area (Å²) in [5, 5.41) is 2.79. The van der Waals surface area contributed by atoms with Crippen LogP contribution >= 0.6 is 0 Å². The molecule has 3 rings (SSSR count). The smallest absolute Gasteiger partial charge is 0.276 e. The predicted molar refractivity (Wildman–Crippen MR) is 99.5 cm³/mol. The molecule has 1 N–H and O–H groups in total. The number of aromatic nitrogens is 1. The number of fused-ring (bicyclic) bond motifs is 1. The first-order valence-electron chi connectivity index (χ1n) is 8.84. The van der Waals surface area contributed by atoms with E-state index in [1.165, 1.54) is 5.56 Å². The molecule has 0 fully saturated rings. The van der Waals surface area contributed by atoms with E-state index in [2.05, 4.69) is 10.3 Å². The fourth-order valence-corrected chi connectivity index (χ4v) is 3.07. The van der Waals surface area contributed by atoms with Gasteiger partial charge in [0.1, 0.15) is 11.4 Å². The Morgan fingerprint density at radius 2 is 1.96 bits per heavy atom. The summed E-state index contributed by atoms with van der Waals surface area (Å²) in [5.74, 6) is -0.457. The summed E-state index contributed by atoms with van der Waals surface area (Å²) in [6, 6.07) is 12.9. The van der Waals surface area contributed by atoms with Crippen LogP contribution in [0.5, 0.6) is 0 Å². The number of amides is 2. The maximum Gasteiger partial charge on any atom is 0.276 e. The number of nitrogens with zero attached hydrogens (tertiary/aromatic N) is 2. The lowest BCUT2D eigenvalue weighted by molar-refractivity contribution is 0.0943. The first kappa shape index (κ1) is 18.1. The first-order chi connectivity index (χ1) is 12.7. The minimum Gasteiger partial charge on any atom is -0.385 e. The zero-order valence-electron chi connectivity index (χ0n) is 14.9. The molecule has 1 aromatic carbocycles. The number of anilines is 1. The molecule has 0 spiro atoms. The van der Waals surface area contributed by atoms with Crippen molar-refractivity contribution >= 4 is 17.5 Å². The zero-order valence-corrected chi connectivity index (χ0v) is 14.9. The highest BCUT2D eigenvalue weighted by molar-refractivity contribution is 6.06. The summed E-state index contributed by atoms with van der Waals surface area (Å²) in [7, 11) is 1.62. The Morgan fingerprint density at radius 1 is 1.15 bits per heavy atom. The molecule has 1 aliphatic heterocycles. The van der Waals surface area contributed by atoms with Crippen LogP contribution in [-0.4, -0.2) is 43.6 Å². The quantitative estimate of drug-likeness (QED) is 0.810. The van der Waals surface area contributed by atoms with Gasteiger partial charge in [0.25, 0.3) is 11.8 Å². The molecule has 1 aliphatic rings. The molecule has 6 nitrogen and oxygen atoms in total. The third-order valence-corrected chi connectivity index (χ3v) is 4.37. The Hall–Kier alpha value is -2.73. The number of para-hydroxylation sites is 1. The van der Waals surface area contributed by atoms with Gasteiger partial charge in [0, 0.05) is 32.5 Å². The van der Waals surface area contributed by atoms with Gasteiger partial charge >= 0.3 is 0 Å². The van der Waals surface area contributed by atoms with Crippen molar-refractivity contribution < 1.29 is 14.3 Å². The van der Waals surface area contributed by atoms with E-state index in [4.69, 9.17) is 4.74 Å². The van der Waals surface area contributed by atoms with Crippen LogP contribution in [0, 0.1) is 0 Å². The average molecular weight is 353 g/mol. The second kappa shape index (κ2) is 8.58. The second-order valence-corrected chi connectivity index (χ2v) is 6.20. The Morgan fingerprint density at radius 3 is 2.81 bits per heavy atom. The van der Waals surface area contributed by atoms with Gasteiger partial charge in [-0.05, 0) is 43.0 Å². The highest BCUT2D eigenvalue weighted by Gasteiger charge is 2.24. The lowest BCUT2D eigenvalue weighted by atomic mass is 10.0. The number of pyridine rings is 1. The van der Waals surface area contributed by atoms with Crippen molar-refractivity contribution in [2.75, 3.05) is 31.7 Å². The van der Waals surface area contributed by atoms with Gasteiger partial charge in [0.15, 0.2) is 0 Å². The molecule has 2 amide bonds. The molecule has 0 radical (unpaired) electrons. The SMILES string of the molecule is COCCCNC(=O)c1cccc(C(=O)N2CCCc3ccccc32)n1. The van der Waals surface area contributed by atoms with E-state index in [0.29, 0.717) is 19.7 Å². The third kappa shape index (κ3) is 4.08. The molecule has 0 saturated carbocycles. The molecule has 0 aliphatic carbocycles. The number of hydrogen-bond acceptors (Lipinski definition) is 4. The summed E-state index contributed by atoms with van der Waals surface area (Å²) < 4.78 is 4.96. The number of nitrogens with one attached hydrogen (secondary N) is 1. The van der Waals surface area contributed by atoms with Gasteiger partial charge in [0.05, 0.1) is 0 Å². The average Bonchev–Trinajstić information content (AvgIpc) is 2.70. The summed E-state index contributed by atoms with van der Waals surface area (Å²) in [4.78, 5) is 31.2. The highest BCUT2D eigenvalue weighted by atomic mass is 16.5. The molecule has 1 aromatic heterocycles. The molecule has 0 atom stereocenters. The van der Waals surface area contributed by atoms with Crippen molar-refractivity contribution in [2.24, 2.45) is 0 Å². The van der Waals surface area contributed by atoms with E-state index in [1.54, 1.807) is 30.2 Å². The largest absolute Gasteiger partial charge is 0.385 e. The molecular weight excluding hydrogens is 330 g/mol. The van der Waals surface area contributed by atoms with Crippen LogP contribution in [0.2, 0.25) is 0 Å². The van der Waals surface area contributed by atoms with Crippen molar-refractivity contribution in [2.45, 2.75) is 19.3 Å². The van der Waals surface area contributed by atoms with E-state index < -0.39 is 0 Å². The predicted octanol–water partition coefficient (Wildman–Crippen LogP) is 2.44. The Kier molecular flexibility index (Phi) is 5.96. The van der Waals surface area contributed by atoms with E-state index >= 15 is 0 Å². The van der Waals surface area contributed by atoms with E-state index in [0.717, 1.165) is 24.9 Å². The van der Waals surface area contributed by atoms with Crippen molar-refractivity contribution in [3.8, 4) is 0 Å². The monoisotopic (exact) mass is 353 g/mol. The molecule has 0 unspecified atom stereocenters. The van der Waals surface area contributed by atoms with Gasteiger partial charge in [-0.25, -0.2) is 4.98 Å². The van der Waals surface area contributed by atoms with Crippen molar-refractivity contribution in [1.29, 1.82) is 0 Å². The number of carbonyl (C=O) groups excluding carboxylic acids is 2. The van der Waals surface area contributed by atoms with Gasteiger partial charge in [0.2, 0.25) is 0 Å². The van der Waals surface area contributed by atoms with Crippen LogP contribution in [0.1, 0.15) is 39.4 Å². The van der Waals surface area contributed by atoms with Crippen LogP contribution in [0.25, 0.3) is 0 Å². The second-order valence-electron chi connectivity index (χ2n) is 6.20. The molecule has 2 heterocycles. The lowest BCUT2D eigenvalue weighted by Gasteiger charge is -2.29. The number of aryl methyl sites for hydroxylation is 1. The van der Waals surface area contributed by atoms with Crippen molar-refractivity contribution in [3.63, 3.8) is 0 Å². The van der Waals surface area contributed by atoms with Crippen LogP contribution in [-0.2, 0) is 11.2 Å². The standard InChI is InChI=1S/C20H23N3O3/c1-26-14-6-12-21-19(24)16-9-4-10-17(22-16)20(25)23-13-5-8-15-7-2-3-11-18(15)23/h2-4,7,9-11H,5-6,8,12-14H2,1H3,(H,21,24). The first-order valence-corrected chi connectivity index (χ1v) is 8.84. The molecule has 0 bridgehead atoms. The van der Waals surface area contributed by atoms with Gasteiger partial charge in [-0.1, -0.05) is 24.3 Å². The summed E-state index contributed by atoms with van der Waals surface area (Å²) in [5.41, 5.74) is 2.63. The maximum atomic E-state index is 13.0. The van der Waals surface area contributed by atoms with Crippen LogP contribution in [0.3, 0.4) is 0 Å². The minimum absolute atomic E-state index is 0.175. The molecule has 2 aromatic rings. The molecule has 0 saturated heterocycles. The molecule has 26 heavy (non-hydrogen) atoms. The van der Waals surface area contributed by atoms with Crippen LogP contribution in [0.15, 0.2) is 42.5 Å². The zero-order chi connectivity index (χ0) is 18.4. The highest BCUT2D eigenvalue weighted by Crippen LogP contribution is 2.27. The fourth-order valence-electron chi connectivity index (χ4n) is 3.07. The normalized spacial score (nSPS) is 13.2. The topological polar surface area (TPSA) is 71.5 Å². The number of benzene rings is 1. The third-order valence-electron chi connectivity index (χ3n) is 4.37. The van der Waals surface area contributed by atoms with Crippen LogP contribution in [0.4, 0.5) is 5.69 Å². The summed E-state index contributed by atoms with van der Waals surface area (Å²) in [6.45, 7) is 1.75. The number of rotatable bonds is 6. The number of carbonyl (C=O) groups is 2. The Labute approximate surface area is 153 Å². The number of hydrogen-bond donors (Lipinski definition) is 1. The van der Waals surface area contributed by atoms with Crippen molar-refractivity contribution in [1.82, 2.24) is 10.3 Å². The molecule has 136 valence electrons. The van der Waals surface area contributed by atoms with E-state index in [-0.39, 0.29) is 23.2 Å². The van der Waals surface area contributed by atoms with Gasteiger partial charge in [-0.3, -0.25) is 9.59 Å². The Bertz CT molecular complexity index is 791.